The van der Waals surface area contributed by atoms with Gasteiger partial charge in [0, 0.05) is 23.3 Å². The van der Waals surface area contributed by atoms with E-state index in [1.54, 1.807) is 0 Å². The van der Waals surface area contributed by atoms with Crippen molar-refractivity contribution >= 4 is 10.8 Å². The molecule has 2 heterocycles. The van der Waals surface area contributed by atoms with Crippen LogP contribution in [-0.4, -0.2) is 11.5 Å². The molecule has 0 radical (unpaired) electrons. The molecule has 2 aromatic rings. The fourth-order valence-corrected chi connectivity index (χ4v) is 3.07. The molecule has 2 heteroatoms. The Morgan fingerprint density at radius 1 is 1.35 bits per heavy atom. The highest BCUT2D eigenvalue weighted by Crippen LogP contribution is 2.37. The average Bonchev–Trinajstić information content (AvgIpc) is 2.88. The summed E-state index contributed by atoms with van der Waals surface area (Å²) in [5, 5.41) is 6.30. The number of rotatable bonds is 2. The molecule has 0 amide bonds. The molecule has 2 nitrogen and oxygen atoms in total. The molecule has 1 aliphatic heterocycles. The Morgan fingerprint density at radius 3 is 3.06 bits per heavy atom. The monoisotopic (exact) mass is 226 g/mol. The summed E-state index contributed by atoms with van der Waals surface area (Å²) in [5.74, 6) is 0. The van der Waals surface area contributed by atoms with Crippen LogP contribution < -0.4 is 5.32 Å². The summed E-state index contributed by atoms with van der Waals surface area (Å²) < 4.78 is 0. The van der Waals surface area contributed by atoms with Crippen molar-refractivity contribution in [2.45, 2.75) is 31.7 Å². The molecular formula is C15H18N2. The fraction of sp³-hybridized carbons (Fsp3) is 0.400. The minimum absolute atomic E-state index is 0.181. The van der Waals surface area contributed by atoms with E-state index in [0.717, 1.165) is 13.0 Å². The van der Waals surface area contributed by atoms with Crippen LogP contribution >= 0.6 is 0 Å². The van der Waals surface area contributed by atoms with E-state index in [1.807, 2.05) is 12.4 Å². The summed E-state index contributed by atoms with van der Waals surface area (Å²) in [5.41, 5.74) is 1.62. The van der Waals surface area contributed by atoms with E-state index in [4.69, 9.17) is 0 Å². The van der Waals surface area contributed by atoms with Crippen LogP contribution in [0.3, 0.4) is 0 Å². The third-order valence-electron chi connectivity index (χ3n) is 4.04. The second kappa shape index (κ2) is 4.11. The highest BCUT2D eigenvalue weighted by Gasteiger charge is 2.34. The van der Waals surface area contributed by atoms with Crippen LogP contribution in [-0.2, 0) is 5.54 Å². The van der Waals surface area contributed by atoms with Gasteiger partial charge >= 0.3 is 0 Å². The Labute approximate surface area is 102 Å². The predicted octanol–water partition coefficient (Wildman–Crippen LogP) is 3.22. The normalized spacial score (nSPS) is 24.3. The maximum atomic E-state index is 4.21. The molecule has 1 aliphatic rings. The van der Waals surface area contributed by atoms with Crippen LogP contribution in [0.4, 0.5) is 0 Å². The molecule has 0 aliphatic carbocycles. The van der Waals surface area contributed by atoms with E-state index < -0.39 is 0 Å². The van der Waals surface area contributed by atoms with Gasteiger partial charge in [-0.1, -0.05) is 25.1 Å². The van der Waals surface area contributed by atoms with Crippen molar-refractivity contribution in [3.05, 3.63) is 42.2 Å². The fourth-order valence-electron chi connectivity index (χ4n) is 3.07. The zero-order chi connectivity index (χ0) is 11.7. The zero-order valence-corrected chi connectivity index (χ0v) is 10.2. The zero-order valence-electron chi connectivity index (χ0n) is 10.2. The molecule has 1 atom stereocenters. The van der Waals surface area contributed by atoms with Gasteiger partial charge in [-0.25, -0.2) is 0 Å². The molecule has 0 saturated carbocycles. The number of hydrogen-bond acceptors (Lipinski definition) is 2. The smallest absolute Gasteiger partial charge is 0.0438 e. The van der Waals surface area contributed by atoms with Crippen LogP contribution in [0, 0.1) is 0 Å². The third-order valence-corrected chi connectivity index (χ3v) is 4.04. The summed E-state index contributed by atoms with van der Waals surface area (Å²) >= 11 is 0. The van der Waals surface area contributed by atoms with Gasteiger partial charge < -0.3 is 5.32 Å². The minimum atomic E-state index is 0.181. The quantitative estimate of drug-likeness (QED) is 0.850. The topological polar surface area (TPSA) is 24.9 Å². The lowest BCUT2D eigenvalue weighted by Crippen LogP contribution is -2.36. The molecule has 1 fully saturated rings. The molecule has 3 rings (SSSR count). The molecule has 1 aromatic carbocycles. The Morgan fingerprint density at radius 2 is 2.29 bits per heavy atom. The van der Waals surface area contributed by atoms with Crippen molar-refractivity contribution in [1.29, 1.82) is 0 Å². The van der Waals surface area contributed by atoms with Gasteiger partial charge in [-0.2, -0.15) is 0 Å². The van der Waals surface area contributed by atoms with E-state index in [9.17, 15) is 0 Å². The summed E-state index contributed by atoms with van der Waals surface area (Å²) in [4.78, 5) is 4.21. The van der Waals surface area contributed by atoms with Crippen molar-refractivity contribution in [2.75, 3.05) is 6.54 Å². The largest absolute Gasteiger partial charge is 0.307 e. The second-order valence-electron chi connectivity index (χ2n) is 4.87. The summed E-state index contributed by atoms with van der Waals surface area (Å²) in [6.45, 7) is 3.41. The number of nitrogens with zero attached hydrogens (tertiary/aromatic N) is 1. The molecule has 17 heavy (non-hydrogen) atoms. The molecule has 1 aromatic heterocycles. The lowest BCUT2D eigenvalue weighted by molar-refractivity contribution is 0.379. The SMILES string of the molecule is CCC1(c2cccc3cnccc23)CCCN1. The first-order chi connectivity index (χ1) is 8.36. The van der Waals surface area contributed by atoms with Gasteiger partial charge in [0.25, 0.3) is 0 Å². The predicted molar refractivity (Wildman–Crippen MR) is 70.9 cm³/mol. The number of nitrogens with one attached hydrogen (secondary N) is 1. The number of hydrogen-bond donors (Lipinski definition) is 1. The lowest BCUT2D eigenvalue weighted by atomic mass is 9.83. The Balaban J connectivity index is 2.22. The highest BCUT2D eigenvalue weighted by atomic mass is 15.0. The first-order valence-electron chi connectivity index (χ1n) is 6.44. The summed E-state index contributed by atoms with van der Waals surface area (Å²) in [6.07, 6.45) is 7.51. The molecular weight excluding hydrogens is 208 g/mol. The average molecular weight is 226 g/mol. The van der Waals surface area contributed by atoms with Crippen molar-refractivity contribution in [3.8, 4) is 0 Å². The van der Waals surface area contributed by atoms with Crippen LogP contribution in [0.2, 0.25) is 0 Å². The van der Waals surface area contributed by atoms with Gasteiger partial charge in [-0.15, -0.1) is 0 Å². The van der Waals surface area contributed by atoms with Gasteiger partial charge in [0.05, 0.1) is 0 Å². The summed E-state index contributed by atoms with van der Waals surface area (Å²) in [7, 11) is 0. The lowest BCUT2D eigenvalue weighted by Gasteiger charge is -2.30. The number of benzene rings is 1. The van der Waals surface area contributed by atoms with Crippen molar-refractivity contribution in [2.24, 2.45) is 0 Å². The molecule has 0 spiro atoms. The number of aromatic nitrogens is 1. The van der Waals surface area contributed by atoms with Gasteiger partial charge in [0.1, 0.15) is 0 Å². The standard InChI is InChI=1S/C15H18N2/c1-2-15(8-4-9-17-15)14-6-3-5-12-11-16-10-7-13(12)14/h3,5-7,10-11,17H,2,4,8-9H2,1H3. The van der Waals surface area contributed by atoms with Crippen molar-refractivity contribution < 1.29 is 0 Å². The first kappa shape index (κ1) is 10.7. The van der Waals surface area contributed by atoms with Crippen molar-refractivity contribution in [3.63, 3.8) is 0 Å². The highest BCUT2D eigenvalue weighted by molar-refractivity contribution is 5.85. The molecule has 1 unspecified atom stereocenters. The van der Waals surface area contributed by atoms with Gasteiger partial charge in [0.15, 0.2) is 0 Å². The van der Waals surface area contributed by atoms with E-state index in [2.05, 4.69) is 41.5 Å². The first-order valence-corrected chi connectivity index (χ1v) is 6.44. The van der Waals surface area contributed by atoms with Gasteiger partial charge in [0.2, 0.25) is 0 Å². The van der Waals surface area contributed by atoms with Gasteiger partial charge in [-0.3, -0.25) is 4.98 Å². The Hall–Kier alpha value is -1.41. The Kier molecular flexibility index (Phi) is 2.60. The third kappa shape index (κ3) is 1.64. The van der Waals surface area contributed by atoms with E-state index in [0.29, 0.717) is 0 Å². The maximum absolute atomic E-state index is 4.21. The van der Waals surface area contributed by atoms with Crippen LogP contribution in [0.25, 0.3) is 10.8 Å². The maximum Gasteiger partial charge on any atom is 0.0438 e. The van der Waals surface area contributed by atoms with Crippen LogP contribution in [0.1, 0.15) is 31.7 Å². The van der Waals surface area contributed by atoms with E-state index in [-0.39, 0.29) is 5.54 Å². The molecule has 1 N–H and O–H groups in total. The number of pyridine rings is 1. The molecule has 0 bridgehead atoms. The molecule has 88 valence electrons. The van der Waals surface area contributed by atoms with Crippen molar-refractivity contribution in [1.82, 2.24) is 10.3 Å². The van der Waals surface area contributed by atoms with Crippen LogP contribution in [0.15, 0.2) is 36.7 Å². The molecule has 1 saturated heterocycles. The summed E-state index contributed by atoms with van der Waals surface area (Å²) in [6, 6.07) is 8.70. The van der Waals surface area contributed by atoms with E-state index >= 15 is 0 Å². The Bertz CT molecular complexity index is 522. The van der Waals surface area contributed by atoms with Gasteiger partial charge in [-0.05, 0) is 42.8 Å². The second-order valence-corrected chi connectivity index (χ2v) is 4.87. The minimum Gasteiger partial charge on any atom is -0.307 e. The number of fused-ring (bicyclic) bond motifs is 1. The van der Waals surface area contributed by atoms with Crippen LogP contribution in [0.5, 0.6) is 0 Å². The van der Waals surface area contributed by atoms with E-state index in [1.165, 1.54) is 29.2 Å².